The Hall–Kier alpha value is -4.35. The van der Waals surface area contributed by atoms with Gasteiger partial charge in [-0.05, 0) is 13.0 Å². The molecule has 0 unspecified atom stereocenters. The van der Waals surface area contributed by atoms with E-state index >= 15 is 0 Å². The van der Waals surface area contributed by atoms with Crippen molar-refractivity contribution in [2.75, 3.05) is 7.11 Å². The van der Waals surface area contributed by atoms with Crippen molar-refractivity contribution in [1.82, 2.24) is 4.98 Å². The molecule has 1 aliphatic heterocycles. The maximum absolute atomic E-state index is 13.5. The molecule has 0 amide bonds. The summed E-state index contributed by atoms with van der Waals surface area (Å²) in [5, 5.41) is 11.7. The predicted molar refractivity (Wildman–Crippen MR) is 134 cm³/mol. The van der Waals surface area contributed by atoms with Crippen molar-refractivity contribution in [3.63, 3.8) is 0 Å². The number of nitrogens with zero attached hydrogens (tertiary/aromatic N) is 1. The number of esters is 2. The SMILES string of the molecule is CO[C@H]1[C@H](Oc2c(O)c3c(c4cccnc24)C(=O)c2ccccc2C3=O)O[C@@H](C)[C@@H](OC(C)=O)[C@H]1OC(C)=O. The third-order valence-electron chi connectivity index (χ3n) is 6.70. The largest absolute Gasteiger partial charge is 0.504 e. The van der Waals surface area contributed by atoms with Crippen molar-refractivity contribution in [2.24, 2.45) is 0 Å². The molecule has 1 fully saturated rings. The quantitative estimate of drug-likeness (QED) is 0.376. The fraction of sp³-hybridized carbons (Fsp3) is 0.321. The highest BCUT2D eigenvalue weighted by Gasteiger charge is 2.50. The van der Waals surface area contributed by atoms with E-state index in [0.29, 0.717) is 5.39 Å². The van der Waals surface area contributed by atoms with Gasteiger partial charge in [0.1, 0.15) is 5.52 Å². The van der Waals surface area contributed by atoms with Crippen molar-refractivity contribution in [3.8, 4) is 11.5 Å². The molecule has 1 saturated heterocycles. The highest BCUT2D eigenvalue weighted by atomic mass is 16.7. The second kappa shape index (κ2) is 10.1. The van der Waals surface area contributed by atoms with Gasteiger partial charge in [0.05, 0.1) is 11.7 Å². The number of hydrogen-bond acceptors (Lipinski definition) is 11. The van der Waals surface area contributed by atoms with Crippen molar-refractivity contribution >= 4 is 34.4 Å². The van der Waals surface area contributed by atoms with Gasteiger partial charge < -0.3 is 28.8 Å². The maximum atomic E-state index is 13.5. The Bertz CT molecular complexity index is 1520. The highest BCUT2D eigenvalue weighted by Crippen LogP contribution is 2.45. The zero-order valence-electron chi connectivity index (χ0n) is 21.5. The maximum Gasteiger partial charge on any atom is 0.303 e. The van der Waals surface area contributed by atoms with Gasteiger partial charge in [0, 0.05) is 49.2 Å². The first kappa shape index (κ1) is 26.3. The Morgan fingerprint density at radius 2 is 1.51 bits per heavy atom. The average molecular weight is 536 g/mol. The minimum atomic E-state index is -1.31. The molecule has 1 aromatic heterocycles. The number of phenolic OH excluding ortho intramolecular Hbond substituents is 1. The summed E-state index contributed by atoms with van der Waals surface area (Å²) in [6.45, 7) is 4.00. The van der Waals surface area contributed by atoms with Crippen LogP contribution in [0, 0.1) is 0 Å². The minimum Gasteiger partial charge on any atom is -0.504 e. The summed E-state index contributed by atoms with van der Waals surface area (Å²) in [6, 6.07) is 9.54. The number of ether oxygens (including phenoxy) is 5. The zero-order valence-corrected chi connectivity index (χ0v) is 21.5. The van der Waals surface area contributed by atoms with E-state index in [0.717, 1.165) is 0 Å². The van der Waals surface area contributed by atoms with E-state index in [9.17, 15) is 24.3 Å². The first-order valence-corrected chi connectivity index (χ1v) is 12.2. The number of pyridine rings is 1. The van der Waals surface area contributed by atoms with Gasteiger partial charge in [-0.1, -0.05) is 30.3 Å². The normalized spacial score (nSPS) is 24.1. The topological polar surface area (TPSA) is 148 Å². The number of aromatic nitrogens is 1. The van der Waals surface area contributed by atoms with Crippen LogP contribution in [-0.4, -0.2) is 71.4 Å². The molecule has 39 heavy (non-hydrogen) atoms. The van der Waals surface area contributed by atoms with Crippen molar-refractivity contribution in [1.29, 1.82) is 0 Å². The molecule has 1 N–H and O–H groups in total. The number of fused-ring (bicyclic) bond motifs is 4. The van der Waals surface area contributed by atoms with Crippen molar-refractivity contribution in [2.45, 2.75) is 51.5 Å². The van der Waals surface area contributed by atoms with Gasteiger partial charge in [0.25, 0.3) is 0 Å². The van der Waals surface area contributed by atoms with Crippen LogP contribution in [0.2, 0.25) is 0 Å². The lowest BCUT2D eigenvalue weighted by Gasteiger charge is -2.43. The van der Waals surface area contributed by atoms with Gasteiger partial charge in [-0.15, -0.1) is 0 Å². The molecule has 5 rings (SSSR count). The van der Waals surface area contributed by atoms with E-state index < -0.39 is 60.0 Å². The lowest BCUT2D eigenvalue weighted by molar-refractivity contribution is -0.281. The first-order chi connectivity index (χ1) is 18.6. The third-order valence-corrected chi connectivity index (χ3v) is 6.70. The monoisotopic (exact) mass is 535 g/mol. The van der Waals surface area contributed by atoms with E-state index in [1.165, 1.54) is 33.2 Å². The van der Waals surface area contributed by atoms with Crippen LogP contribution in [0.4, 0.5) is 0 Å². The lowest BCUT2D eigenvalue weighted by Crippen LogP contribution is -2.61. The molecule has 5 atom stereocenters. The molecule has 202 valence electrons. The fourth-order valence-corrected chi connectivity index (χ4v) is 5.10. The summed E-state index contributed by atoms with van der Waals surface area (Å²) in [5.74, 6) is -3.08. The van der Waals surface area contributed by atoms with E-state index in [-0.39, 0.29) is 33.5 Å². The van der Waals surface area contributed by atoms with Gasteiger partial charge >= 0.3 is 11.9 Å². The summed E-state index contributed by atoms with van der Waals surface area (Å²) < 4.78 is 28.4. The molecule has 0 radical (unpaired) electrons. The Kier molecular flexibility index (Phi) is 6.79. The van der Waals surface area contributed by atoms with Crippen LogP contribution in [0.3, 0.4) is 0 Å². The summed E-state index contributed by atoms with van der Waals surface area (Å²) in [6.07, 6.45) is -3.96. The lowest BCUT2D eigenvalue weighted by atomic mass is 9.81. The van der Waals surface area contributed by atoms with Crippen LogP contribution in [-0.2, 0) is 28.5 Å². The summed E-state index contributed by atoms with van der Waals surface area (Å²) in [7, 11) is 1.32. The average Bonchev–Trinajstić information content (AvgIpc) is 2.90. The summed E-state index contributed by atoms with van der Waals surface area (Å²) in [5.41, 5.74) is 0.266. The Morgan fingerprint density at radius 1 is 0.897 bits per heavy atom. The number of phenols is 1. The van der Waals surface area contributed by atoms with Gasteiger partial charge in [0.15, 0.2) is 41.4 Å². The smallest absolute Gasteiger partial charge is 0.303 e. The van der Waals surface area contributed by atoms with Crippen LogP contribution >= 0.6 is 0 Å². The number of hydrogen-bond donors (Lipinski definition) is 1. The number of ketones is 2. The Morgan fingerprint density at radius 3 is 2.13 bits per heavy atom. The molecule has 3 aromatic rings. The molecule has 0 spiro atoms. The van der Waals surface area contributed by atoms with Crippen LogP contribution in [0.5, 0.6) is 11.5 Å². The second-order valence-corrected chi connectivity index (χ2v) is 9.21. The molecule has 0 bridgehead atoms. The number of methoxy groups -OCH3 is 1. The van der Waals surface area contributed by atoms with Crippen LogP contribution in [0.25, 0.3) is 10.9 Å². The van der Waals surface area contributed by atoms with E-state index in [1.54, 1.807) is 37.3 Å². The van der Waals surface area contributed by atoms with Crippen molar-refractivity contribution in [3.05, 3.63) is 64.8 Å². The molecule has 2 aromatic carbocycles. The minimum absolute atomic E-state index is 0.0144. The number of carbonyl (C=O) groups is 4. The molecular formula is C28H25NO10. The van der Waals surface area contributed by atoms with Gasteiger partial charge in [-0.3, -0.25) is 24.2 Å². The molecule has 11 nitrogen and oxygen atoms in total. The van der Waals surface area contributed by atoms with E-state index in [4.69, 9.17) is 23.7 Å². The van der Waals surface area contributed by atoms with Gasteiger partial charge in [-0.2, -0.15) is 0 Å². The molecular weight excluding hydrogens is 510 g/mol. The molecule has 2 aliphatic rings. The van der Waals surface area contributed by atoms with E-state index in [1.807, 2.05) is 0 Å². The van der Waals surface area contributed by atoms with Crippen LogP contribution in [0.15, 0.2) is 42.6 Å². The number of rotatable bonds is 5. The molecule has 0 saturated carbocycles. The molecule has 2 heterocycles. The van der Waals surface area contributed by atoms with Crippen LogP contribution < -0.4 is 4.74 Å². The Labute approximate surface area is 222 Å². The number of aromatic hydroxyl groups is 1. The summed E-state index contributed by atoms with van der Waals surface area (Å²) >= 11 is 0. The molecule has 1 aliphatic carbocycles. The standard InChI is InChI=1S/C28H25NO10/c1-12-24(37-13(2)30)26(38-14(3)31)27(35-4)28(36-12)39-25-20-17(10-7-11-29-20)18-19(23(25)34)22(33)16-9-6-5-8-15(16)21(18)32/h5-12,24,26-28,34H,1-4H3/t12-,24+,26+,27+,28-/m0/s1. The second-order valence-electron chi connectivity index (χ2n) is 9.21. The van der Waals surface area contributed by atoms with Crippen molar-refractivity contribution < 1.29 is 48.0 Å². The van der Waals surface area contributed by atoms with Gasteiger partial charge in [-0.25, -0.2) is 0 Å². The summed E-state index contributed by atoms with van der Waals surface area (Å²) in [4.78, 5) is 54.9. The first-order valence-electron chi connectivity index (χ1n) is 12.2. The molecule has 11 heteroatoms. The third kappa shape index (κ3) is 4.39. The van der Waals surface area contributed by atoms with Gasteiger partial charge in [0.2, 0.25) is 6.29 Å². The van der Waals surface area contributed by atoms with E-state index in [2.05, 4.69) is 4.98 Å². The number of benzene rings is 2. The zero-order chi connectivity index (χ0) is 28.0. The Balaban J connectivity index is 1.63. The highest BCUT2D eigenvalue weighted by molar-refractivity contribution is 6.33. The number of carbonyl (C=O) groups excluding carboxylic acids is 4. The predicted octanol–water partition coefficient (Wildman–Crippen LogP) is 2.72. The van der Waals surface area contributed by atoms with Crippen LogP contribution in [0.1, 0.15) is 52.6 Å². The fourth-order valence-electron chi connectivity index (χ4n) is 5.10.